The highest BCUT2D eigenvalue weighted by Crippen LogP contribution is 2.30. The number of imidazole rings is 1. The second-order valence-electron chi connectivity index (χ2n) is 6.21. The summed E-state index contributed by atoms with van der Waals surface area (Å²) in [6.07, 6.45) is 1.10. The van der Waals surface area contributed by atoms with Crippen molar-refractivity contribution in [3.8, 4) is 11.7 Å². The van der Waals surface area contributed by atoms with E-state index in [1.165, 1.54) is 0 Å². The van der Waals surface area contributed by atoms with Gasteiger partial charge in [0.2, 0.25) is 0 Å². The van der Waals surface area contributed by atoms with Crippen LogP contribution in [0.4, 0.5) is 16.3 Å². The van der Waals surface area contributed by atoms with Gasteiger partial charge in [-0.15, -0.1) is 0 Å². The van der Waals surface area contributed by atoms with Crippen LogP contribution in [-0.2, 0) is 11.3 Å². The van der Waals surface area contributed by atoms with Crippen LogP contribution in [0.5, 0.6) is 6.01 Å². The minimum absolute atomic E-state index is 0.347. The summed E-state index contributed by atoms with van der Waals surface area (Å²) in [5, 5.41) is 11.7. The summed E-state index contributed by atoms with van der Waals surface area (Å²) in [6, 6.07) is 5.88. The van der Waals surface area contributed by atoms with E-state index in [-0.39, 0.29) is 0 Å². The van der Waals surface area contributed by atoms with Crippen molar-refractivity contribution in [1.29, 1.82) is 0 Å². The van der Waals surface area contributed by atoms with Crippen LogP contribution in [0.1, 0.15) is 26.3 Å². The average Bonchev–Trinajstić information content (AvgIpc) is 2.87. The lowest BCUT2D eigenvalue weighted by molar-refractivity contribution is -0.825. The number of nitrogens with zero attached hydrogens (tertiary/aromatic N) is 2. The zero-order chi connectivity index (χ0) is 16.6. The van der Waals surface area contributed by atoms with Gasteiger partial charge in [0.1, 0.15) is 12.2 Å². The van der Waals surface area contributed by atoms with Crippen molar-refractivity contribution in [2.45, 2.75) is 33.0 Å². The van der Waals surface area contributed by atoms with Gasteiger partial charge in [-0.3, -0.25) is 9.88 Å². The summed E-state index contributed by atoms with van der Waals surface area (Å²) >= 11 is 0. The number of amides is 1. The maximum atomic E-state index is 11.8. The highest BCUT2D eigenvalue weighted by molar-refractivity contribution is 5.83. The summed E-state index contributed by atoms with van der Waals surface area (Å²) in [5.74, 6) is 0.347. The smallest absolute Gasteiger partial charge is 0.413 e. The van der Waals surface area contributed by atoms with E-state index in [0.717, 1.165) is 16.7 Å². The molecule has 0 saturated heterocycles. The monoisotopic (exact) mass is 319 g/mol. The van der Waals surface area contributed by atoms with Crippen molar-refractivity contribution in [2.75, 3.05) is 5.32 Å². The van der Waals surface area contributed by atoms with Crippen molar-refractivity contribution < 1.29 is 25.0 Å². The molecule has 0 aliphatic carbocycles. The molecule has 4 N–H and O–H groups in total. The quantitative estimate of drug-likeness (QED) is 0.577. The Morgan fingerprint density at radius 1 is 1.48 bits per heavy atom. The van der Waals surface area contributed by atoms with Gasteiger partial charge in [-0.1, -0.05) is 0 Å². The summed E-state index contributed by atoms with van der Waals surface area (Å²) in [7, 11) is 0. The van der Waals surface area contributed by atoms with Crippen molar-refractivity contribution in [1.82, 2.24) is 9.55 Å². The molecule has 8 nitrogen and oxygen atoms in total. The van der Waals surface area contributed by atoms with Gasteiger partial charge < -0.3 is 9.47 Å². The molecule has 2 heterocycles. The van der Waals surface area contributed by atoms with Crippen LogP contribution in [0.3, 0.4) is 0 Å². The fourth-order valence-electron chi connectivity index (χ4n) is 2.28. The molecule has 0 unspecified atom stereocenters. The van der Waals surface area contributed by atoms with Crippen LogP contribution in [0.15, 0.2) is 24.4 Å². The number of hydrogen-bond acceptors (Lipinski definition) is 5. The third-order valence-electron chi connectivity index (χ3n) is 3.17. The van der Waals surface area contributed by atoms with Crippen LogP contribution in [0.25, 0.3) is 5.69 Å². The van der Waals surface area contributed by atoms with Crippen molar-refractivity contribution in [3.63, 3.8) is 0 Å². The Morgan fingerprint density at radius 3 is 2.96 bits per heavy atom. The molecule has 23 heavy (non-hydrogen) atoms. The highest BCUT2D eigenvalue weighted by Gasteiger charge is 2.22. The molecule has 0 atom stereocenters. The van der Waals surface area contributed by atoms with E-state index in [1.54, 1.807) is 37.6 Å². The number of nitrogens with two attached hydrogens (primary N) is 1. The maximum Gasteiger partial charge on any atom is 0.413 e. The van der Waals surface area contributed by atoms with Gasteiger partial charge in [-0.25, -0.2) is 10.0 Å². The van der Waals surface area contributed by atoms with E-state index in [2.05, 4.69) is 10.3 Å². The number of rotatable bonds is 2. The number of hydrogen-bond donors (Lipinski definition) is 3. The molecule has 1 aliphatic heterocycles. The fourth-order valence-corrected chi connectivity index (χ4v) is 2.28. The average molecular weight is 319 g/mol. The van der Waals surface area contributed by atoms with E-state index < -0.39 is 11.7 Å². The Kier molecular flexibility index (Phi) is 3.70. The number of carbonyl (C=O) groups excluding carboxylic acids is 1. The number of anilines is 1. The van der Waals surface area contributed by atoms with Crippen molar-refractivity contribution >= 4 is 17.6 Å². The van der Waals surface area contributed by atoms with E-state index >= 15 is 0 Å². The first-order valence-corrected chi connectivity index (χ1v) is 7.18. The molecule has 0 bridgehead atoms. The molecule has 0 fully saturated rings. The molecule has 0 spiro atoms. The first kappa shape index (κ1) is 15.3. The first-order chi connectivity index (χ1) is 10.9. The number of fused-ring (bicyclic) bond motifs is 3. The van der Waals surface area contributed by atoms with Crippen molar-refractivity contribution in [2.24, 2.45) is 0 Å². The molecule has 122 valence electrons. The third kappa shape index (κ3) is 3.27. The zero-order valence-corrected chi connectivity index (χ0v) is 13.2. The predicted octanol–water partition coefficient (Wildman–Crippen LogP) is 1.70. The normalized spacial score (nSPS) is 12.9. The van der Waals surface area contributed by atoms with Gasteiger partial charge in [0, 0.05) is 17.7 Å². The highest BCUT2D eigenvalue weighted by atomic mass is 16.6. The Hall–Kier alpha value is -2.58. The van der Waals surface area contributed by atoms with Crippen LogP contribution < -0.4 is 15.5 Å². The van der Waals surface area contributed by atoms with Crippen LogP contribution in [0, 0.1) is 0 Å². The standard InChI is InChI=1S/C15H18N4O4/c1-15(2,3)23-14(20)17-12-7-19-11-5-4-10(18-21)6-9(11)8-22-13(19)16-12/h4-7,18,21H,8H2,1-3H3,(H,17,20)/p+1. The number of nitrogens with one attached hydrogen (secondary N) is 1. The predicted molar refractivity (Wildman–Crippen MR) is 81.1 cm³/mol. The second kappa shape index (κ2) is 5.56. The molecule has 0 saturated carbocycles. The molecule has 3 rings (SSSR count). The summed E-state index contributed by atoms with van der Waals surface area (Å²) < 4.78 is 12.5. The molecular weight excluding hydrogens is 300 g/mol. The van der Waals surface area contributed by atoms with Gasteiger partial charge in [-0.05, 0) is 26.8 Å². The van der Waals surface area contributed by atoms with Gasteiger partial charge in [0.15, 0.2) is 11.5 Å². The molecule has 8 heteroatoms. The molecule has 1 amide bonds. The van der Waals surface area contributed by atoms with Gasteiger partial charge in [0.05, 0.1) is 11.9 Å². The topological polar surface area (TPSA) is 102 Å². The molecule has 1 aromatic heterocycles. The number of ether oxygens (including phenoxy) is 2. The summed E-state index contributed by atoms with van der Waals surface area (Å²) in [4.78, 5) is 16.0. The summed E-state index contributed by atoms with van der Waals surface area (Å²) in [6.45, 7) is 5.72. The van der Waals surface area contributed by atoms with Crippen LogP contribution in [-0.4, -0.2) is 26.5 Å². The van der Waals surface area contributed by atoms with E-state index in [0.29, 0.717) is 24.1 Å². The molecule has 1 aliphatic rings. The van der Waals surface area contributed by atoms with Crippen LogP contribution >= 0.6 is 0 Å². The summed E-state index contributed by atoms with van der Waals surface area (Å²) in [5.41, 5.74) is 2.97. The number of quaternary nitrogens is 1. The minimum Gasteiger partial charge on any atom is -0.459 e. The Balaban J connectivity index is 1.84. The lowest BCUT2D eigenvalue weighted by Gasteiger charge is -2.19. The largest absolute Gasteiger partial charge is 0.459 e. The maximum absolute atomic E-state index is 11.8. The zero-order valence-electron chi connectivity index (χ0n) is 13.2. The van der Waals surface area contributed by atoms with Gasteiger partial charge in [-0.2, -0.15) is 10.5 Å². The Bertz CT molecular complexity index is 748. The van der Waals surface area contributed by atoms with E-state index in [1.807, 2.05) is 12.1 Å². The minimum atomic E-state index is -0.580. The molecule has 2 aromatic rings. The van der Waals surface area contributed by atoms with Crippen molar-refractivity contribution in [3.05, 3.63) is 30.0 Å². The lowest BCUT2D eigenvalue weighted by Crippen LogP contribution is -2.73. The number of carbonyl (C=O) groups is 1. The molecular formula is C15H19N4O4+. The van der Waals surface area contributed by atoms with E-state index in [4.69, 9.17) is 14.7 Å². The number of benzene rings is 1. The lowest BCUT2D eigenvalue weighted by atomic mass is 10.1. The van der Waals surface area contributed by atoms with Crippen LogP contribution in [0.2, 0.25) is 0 Å². The Labute approximate surface area is 133 Å². The fraction of sp³-hybridized carbons (Fsp3) is 0.333. The van der Waals surface area contributed by atoms with E-state index in [9.17, 15) is 4.79 Å². The SMILES string of the molecule is CC(C)(C)OC(=O)Nc1cn2c(n1)OCc1cc([NH2+]O)ccc1-2. The third-order valence-corrected chi connectivity index (χ3v) is 3.17. The molecule has 1 aromatic carbocycles. The second-order valence-corrected chi connectivity index (χ2v) is 6.21. The Morgan fingerprint density at radius 2 is 2.26 bits per heavy atom. The number of aromatic nitrogens is 2. The molecule has 0 radical (unpaired) electrons. The first-order valence-electron chi connectivity index (χ1n) is 7.18. The van der Waals surface area contributed by atoms with Gasteiger partial charge in [0.25, 0.3) is 0 Å². The van der Waals surface area contributed by atoms with Gasteiger partial charge >= 0.3 is 12.1 Å².